The second kappa shape index (κ2) is 6.57. The molecule has 1 aromatic carbocycles. The number of ether oxygens (including phenoxy) is 1. The van der Waals surface area contributed by atoms with Crippen molar-refractivity contribution in [2.24, 2.45) is 0 Å². The first-order valence-corrected chi connectivity index (χ1v) is 6.87. The molecule has 2 N–H and O–H groups in total. The van der Waals surface area contributed by atoms with Gasteiger partial charge in [-0.1, -0.05) is 0 Å². The molecule has 0 aromatic heterocycles. The van der Waals surface area contributed by atoms with E-state index in [1.54, 1.807) is 7.11 Å². The molecule has 1 heterocycles. The third-order valence-corrected chi connectivity index (χ3v) is 3.44. The lowest BCUT2D eigenvalue weighted by atomic mass is 10.0. The minimum absolute atomic E-state index is 0.00280. The Morgan fingerprint density at radius 2 is 2.37 bits per heavy atom. The first-order valence-electron chi connectivity index (χ1n) is 6.87. The molecule has 0 fully saturated rings. The van der Waals surface area contributed by atoms with Crippen LogP contribution in [-0.4, -0.2) is 32.2 Å². The van der Waals surface area contributed by atoms with Crippen LogP contribution in [0.25, 0.3) is 0 Å². The monoisotopic (exact) mass is 262 g/mol. The number of methoxy groups -OCH3 is 1. The van der Waals surface area contributed by atoms with Gasteiger partial charge in [-0.25, -0.2) is 0 Å². The summed E-state index contributed by atoms with van der Waals surface area (Å²) in [4.78, 5) is 12.1. The quantitative estimate of drug-likeness (QED) is 0.855. The molecule has 1 unspecified atom stereocenters. The molecule has 104 valence electrons. The number of hydrogen-bond donors (Lipinski definition) is 2. The molecular weight excluding hydrogens is 240 g/mol. The Morgan fingerprint density at radius 1 is 1.53 bits per heavy atom. The van der Waals surface area contributed by atoms with Crippen LogP contribution in [-0.2, 0) is 11.2 Å². The molecule has 0 bridgehead atoms. The van der Waals surface area contributed by atoms with E-state index in [4.69, 9.17) is 4.74 Å². The van der Waals surface area contributed by atoms with Crippen molar-refractivity contribution in [2.75, 3.05) is 25.6 Å². The zero-order valence-corrected chi connectivity index (χ0v) is 11.7. The molecule has 0 spiro atoms. The molecular formula is C15H22N2O2. The van der Waals surface area contributed by atoms with Crippen molar-refractivity contribution < 1.29 is 9.53 Å². The summed E-state index contributed by atoms with van der Waals surface area (Å²) >= 11 is 0. The summed E-state index contributed by atoms with van der Waals surface area (Å²) in [6.07, 6.45) is 3.00. The number of nitrogens with one attached hydrogen (secondary N) is 2. The fourth-order valence-electron chi connectivity index (χ4n) is 2.29. The molecule has 1 aromatic rings. The zero-order valence-electron chi connectivity index (χ0n) is 11.7. The smallest absolute Gasteiger partial charge is 0.251 e. The van der Waals surface area contributed by atoms with E-state index in [1.807, 2.05) is 25.1 Å². The Labute approximate surface area is 114 Å². The van der Waals surface area contributed by atoms with E-state index in [2.05, 4.69) is 10.6 Å². The maximum atomic E-state index is 12.1. The highest BCUT2D eigenvalue weighted by Gasteiger charge is 2.13. The average Bonchev–Trinajstić information content (AvgIpc) is 2.44. The van der Waals surface area contributed by atoms with E-state index in [0.717, 1.165) is 37.1 Å². The van der Waals surface area contributed by atoms with Gasteiger partial charge >= 0.3 is 0 Å². The lowest BCUT2D eigenvalue weighted by Crippen LogP contribution is -2.33. The maximum Gasteiger partial charge on any atom is 0.251 e. The van der Waals surface area contributed by atoms with E-state index in [9.17, 15) is 4.79 Å². The first-order chi connectivity index (χ1) is 9.20. The molecule has 1 amide bonds. The Kier molecular flexibility index (Phi) is 4.80. The van der Waals surface area contributed by atoms with Crippen LogP contribution in [0.1, 0.15) is 35.7 Å². The van der Waals surface area contributed by atoms with E-state index < -0.39 is 0 Å². The number of carbonyl (C=O) groups is 1. The standard InChI is InChI=1S/C15H22N2O2/c1-11(7-9-19-2)17-15(18)13-5-6-14-12(10-13)4-3-8-16-14/h5-6,10-11,16H,3-4,7-9H2,1-2H3,(H,17,18). The normalized spacial score (nSPS) is 15.3. The Bertz CT molecular complexity index is 446. The zero-order chi connectivity index (χ0) is 13.7. The van der Waals surface area contributed by atoms with Crippen LogP contribution in [0, 0.1) is 0 Å². The molecule has 2 rings (SSSR count). The summed E-state index contributed by atoms with van der Waals surface area (Å²) in [6.45, 7) is 3.68. The Balaban J connectivity index is 1.99. The third-order valence-electron chi connectivity index (χ3n) is 3.44. The molecule has 0 aliphatic carbocycles. The second-order valence-electron chi connectivity index (χ2n) is 5.06. The van der Waals surface area contributed by atoms with Crippen LogP contribution in [0.5, 0.6) is 0 Å². The van der Waals surface area contributed by atoms with Gasteiger partial charge in [0, 0.05) is 37.6 Å². The summed E-state index contributed by atoms with van der Waals surface area (Å²) in [7, 11) is 1.67. The predicted molar refractivity (Wildman–Crippen MR) is 76.7 cm³/mol. The molecule has 1 aliphatic rings. The van der Waals surface area contributed by atoms with Crippen LogP contribution < -0.4 is 10.6 Å². The topological polar surface area (TPSA) is 50.4 Å². The van der Waals surface area contributed by atoms with Crippen molar-refractivity contribution in [3.8, 4) is 0 Å². The van der Waals surface area contributed by atoms with Gasteiger partial charge in [0.15, 0.2) is 0 Å². The van der Waals surface area contributed by atoms with Crippen molar-refractivity contribution in [2.45, 2.75) is 32.2 Å². The van der Waals surface area contributed by atoms with E-state index in [1.165, 1.54) is 5.56 Å². The Morgan fingerprint density at radius 3 is 3.16 bits per heavy atom. The van der Waals surface area contributed by atoms with Crippen LogP contribution in [0.2, 0.25) is 0 Å². The number of benzene rings is 1. The highest BCUT2D eigenvalue weighted by molar-refractivity contribution is 5.95. The van der Waals surface area contributed by atoms with E-state index >= 15 is 0 Å². The Hall–Kier alpha value is -1.55. The van der Waals surface area contributed by atoms with Gasteiger partial charge in [-0.05, 0) is 49.9 Å². The SMILES string of the molecule is COCCC(C)NC(=O)c1ccc2c(c1)CCCN2. The van der Waals surface area contributed by atoms with Crippen molar-refractivity contribution >= 4 is 11.6 Å². The summed E-state index contributed by atoms with van der Waals surface area (Å²) < 4.78 is 5.01. The third kappa shape index (κ3) is 3.70. The van der Waals surface area contributed by atoms with Gasteiger partial charge in [-0.2, -0.15) is 0 Å². The van der Waals surface area contributed by atoms with Gasteiger partial charge in [0.25, 0.3) is 5.91 Å². The van der Waals surface area contributed by atoms with Crippen LogP contribution in [0.4, 0.5) is 5.69 Å². The van der Waals surface area contributed by atoms with Crippen molar-refractivity contribution in [1.82, 2.24) is 5.32 Å². The number of rotatable bonds is 5. The van der Waals surface area contributed by atoms with Crippen LogP contribution in [0.3, 0.4) is 0 Å². The minimum atomic E-state index is -0.00280. The van der Waals surface area contributed by atoms with Gasteiger partial charge in [-0.3, -0.25) is 4.79 Å². The van der Waals surface area contributed by atoms with E-state index in [-0.39, 0.29) is 11.9 Å². The molecule has 1 atom stereocenters. The van der Waals surface area contributed by atoms with Crippen molar-refractivity contribution in [3.63, 3.8) is 0 Å². The number of carbonyl (C=O) groups excluding carboxylic acids is 1. The summed E-state index contributed by atoms with van der Waals surface area (Å²) in [5.41, 5.74) is 3.14. The number of fused-ring (bicyclic) bond motifs is 1. The fourth-order valence-corrected chi connectivity index (χ4v) is 2.29. The van der Waals surface area contributed by atoms with Gasteiger partial charge in [0.05, 0.1) is 0 Å². The van der Waals surface area contributed by atoms with Crippen LogP contribution in [0.15, 0.2) is 18.2 Å². The highest BCUT2D eigenvalue weighted by Crippen LogP contribution is 2.22. The summed E-state index contributed by atoms with van der Waals surface area (Å²) in [5.74, 6) is -0.00280. The average molecular weight is 262 g/mol. The fraction of sp³-hybridized carbons (Fsp3) is 0.533. The predicted octanol–water partition coefficient (Wildman–Crippen LogP) is 2.20. The molecule has 0 saturated heterocycles. The van der Waals surface area contributed by atoms with Gasteiger partial charge in [-0.15, -0.1) is 0 Å². The van der Waals surface area contributed by atoms with Crippen LogP contribution >= 0.6 is 0 Å². The molecule has 4 nitrogen and oxygen atoms in total. The number of amides is 1. The lowest BCUT2D eigenvalue weighted by Gasteiger charge is -2.19. The van der Waals surface area contributed by atoms with Crippen molar-refractivity contribution in [3.05, 3.63) is 29.3 Å². The van der Waals surface area contributed by atoms with Gasteiger partial charge in [0.1, 0.15) is 0 Å². The van der Waals surface area contributed by atoms with E-state index in [0.29, 0.717) is 6.61 Å². The number of hydrogen-bond acceptors (Lipinski definition) is 3. The van der Waals surface area contributed by atoms with Gasteiger partial charge < -0.3 is 15.4 Å². The molecule has 1 aliphatic heterocycles. The maximum absolute atomic E-state index is 12.1. The highest BCUT2D eigenvalue weighted by atomic mass is 16.5. The number of anilines is 1. The molecule has 0 saturated carbocycles. The summed E-state index contributed by atoms with van der Waals surface area (Å²) in [6, 6.07) is 6.01. The summed E-state index contributed by atoms with van der Waals surface area (Å²) in [5, 5.41) is 6.35. The van der Waals surface area contributed by atoms with Crippen molar-refractivity contribution in [1.29, 1.82) is 0 Å². The minimum Gasteiger partial charge on any atom is -0.385 e. The molecule has 4 heteroatoms. The van der Waals surface area contributed by atoms with Gasteiger partial charge in [0.2, 0.25) is 0 Å². The lowest BCUT2D eigenvalue weighted by molar-refractivity contribution is 0.0929. The first kappa shape index (κ1) is 13.9. The second-order valence-corrected chi connectivity index (χ2v) is 5.06. The molecule has 19 heavy (non-hydrogen) atoms. The number of aryl methyl sites for hydroxylation is 1. The largest absolute Gasteiger partial charge is 0.385 e. The molecule has 0 radical (unpaired) electrons.